The number of amidine groups is 1. The number of rotatable bonds is 5. The highest BCUT2D eigenvalue weighted by molar-refractivity contribution is 9.10. The fourth-order valence-corrected chi connectivity index (χ4v) is 4.40. The molecule has 3 aromatic carbocycles. The average Bonchev–Trinajstić information content (AvgIpc) is 3.12. The molecule has 0 bridgehead atoms. The van der Waals surface area contributed by atoms with Gasteiger partial charge >= 0.3 is 0 Å². The molecule has 4 rings (SSSR count). The summed E-state index contributed by atoms with van der Waals surface area (Å²) in [5.74, 6) is -0.473. The van der Waals surface area contributed by atoms with Gasteiger partial charge < -0.3 is 10.6 Å². The van der Waals surface area contributed by atoms with Gasteiger partial charge in [0.25, 0.3) is 0 Å². The Balaban J connectivity index is 1.42. The number of hydrogen-bond donors (Lipinski definition) is 2. The van der Waals surface area contributed by atoms with Gasteiger partial charge in [0.1, 0.15) is 5.25 Å². The minimum Gasteiger partial charge on any atom is -0.326 e. The molecule has 0 aromatic heterocycles. The first kappa shape index (κ1) is 21.3. The van der Waals surface area contributed by atoms with Crippen molar-refractivity contribution < 1.29 is 9.59 Å². The van der Waals surface area contributed by atoms with E-state index in [1.165, 1.54) is 11.8 Å². The van der Waals surface area contributed by atoms with Gasteiger partial charge in [0, 0.05) is 22.1 Å². The van der Waals surface area contributed by atoms with Crippen LogP contribution in [0.15, 0.2) is 81.4 Å². The van der Waals surface area contributed by atoms with Crippen LogP contribution < -0.4 is 10.6 Å². The molecular weight excluding hydrogens is 476 g/mol. The van der Waals surface area contributed by atoms with Gasteiger partial charge in [0.15, 0.2) is 5.17 Å². The summed E-state index contributed by atoms with van der Waals surface area (Å²) in [5.41, 5.74) is 2.42. The van der Waals surface area contributed by atoms with Gasteiger partial charge in [-0.3, -0.25) is 9.59 Å². The summed E-state index contributed by atoms with van der Waals surface area (Å²) in [4.78, 5) is 24.6. The topological polar surface area (TPSA) is 82.9 Å². The molecule has 0 unspecified atom stereocenters. The van der Waals surface area contributed by atoms with Crippen molar-refractivity contribution in [2.45, 2.75) is 18.6 Å². The predicted molar refractivity (Wildman–Crippen MR) is 131 cm³/mol. The summed E-state index contributed by atoms with van der Waals surface area (Å²) in [6.45, 7) is 1.89. The SMILES string of the molecule is C/C(=N/N=C1\NC(=O)[C@@H](CC(=O)Nc2ccc(Br)cc2)S1)c1cccc2ccccc12. The number of anilines is 1. The maximum Gasteiger partial charge on any atom is 0.240 e. The number of nitrogens with zero attached hydrogens (tertiary/aromatic N) is 2. The van der Waals surface area contributed by atoms with Gasteiger partial charge in [-0.05, 0) is 42.0 Å². The molecule has 0 spiro atoms. The summed E-state index contributed by atoms with van der Waals surface area (Å²) in [6, 6.07) is 21.4. The molecule has 1 saturated heterocycles. The van der Waals surface area contributed by atoms with E-state index in [1.54, 1.807) is 12.1 Å². The highest BCUT2D eigenvalue weighted by Crippen LogP contribution is 2.24. The molecule has 0 aliphatic carbocycles. The zero-order chi connectivity index (χ0) is 21.8. The van der Waals surface area contributed by atoms with Crippen LogP contribution in [0.3, 0.4) is 0 Å². The molecule has 2 N–H and O–H groups in total. The van der Waals surface area contributed by atoms with Crippen LogP contribution in [0.5, 0.6) is 0 Å². The van der Waals surface area contributed by atoms with E-state index < -0.39 is 5.25 Å². The van der Waals surface area contributed by atoms with Crippen LogP contribution in [-0.4, -0.2) is 27.9 Å². The third-order valence-electron chi connectivity index (χ3n) is 4.75. The number of carbonyl (C=O) groups is 2. The lowest BCUT2D eigenvalue weighted by atomic mass is 10.0. The van der Waals surface area contributed by atoms with E-state index in [4.69, 9.17) is 0 Å². The average molecular weight is 495 g/mol. The Labute approximate surface area is 192 Å². The summed E-state index contributed by atoms with van der Waals surface area (Å²) in [5, 5.41) is 16.1. The zero-order valence-corrected chi connectivity index (χ0v) is 19.0. The Morgan fingerprint density at radius 2 is 1.84 bits per heavy atom. The maximum atomic E-state index is 12.3. The summed E-state index contributed by atoms with van der Waals surface area (Å²) in [6.07, 6.45) is 0.0532. The Hall–Kier alpha value is -2.97. The predicted octanol–water partition coefficient (Wildman–Crippen LogP) is 4.94. The molecule has 1 aliphatic heterocycles. The molecule has 31 heavy (non-hydrogen) atoms. The van der Waals surface area contributed by atoms with E-state index in [0.717, 1.165) is 26.5 Å². The Morgan fingerprint density at radius 1 is 1.10 bits per heavy atom. The molecule has 0 saturated carbocycles. The zero-order valence-electron chi connectivity index (χ0n) is 16.6. The number of hydrogen-bond acceptors (Lipinski definition) is 5. The van der Waals surface area contributed by atoms with E-state index in [1.807, 2.05) is 49.4 Å². The summed E-state index contributed by atoms with van der Waals surface area (Å²) >= 11 is 4.57. The lowest BCUT2D eigenvalue weighted by Gasteiger charge is -2.07. The first-order valence-corrected chi connectivity index (χ1v) is 11.3. The third-order valence-corrected chi connectivity index (χ3v) is 6.35. The van der Waals surface area contributed by atoms with Crippen LogP contribution in [-0.2, 0) is 9.59 Å². The molecule has 8 heteroatoms. The van der Waals surface area contributed by atoms with E-state index in [2.05, 4.69) is 48.9 Å². The lowest BCUT2D eigenvalue weighted by molar-refractivity contribution is -0.122. The van der Waals surface area contributed by atoms with Crippen molar-refractivity contribution in [3.63, 3.8) is 0 Å². The fraction of sp³-hybridized carbons (Fsp3) is 0.130. The van der Waals surface area contributed by atoms with Crippen LogP contribution in [0.1, 0.15) is 18.9 Å². The van der Waals surface area contributed by atoms with Crippen molar-refractivity contribution in [1.82, 2.24) is 5.32 Å². The monoisotopic (exact) mass is 494 g/mol. The van der Waals surface area contributed by atoms with Crippen molar-refractivity contribution in [2.75, 3.05) is 5.32 Å². The molecule has 1 atom stereocenters. The number of benzene rings is 3. The number of nitrogens with one attached hydrogen (secondary N) is 2. The highest BCUT2D eigenvalue weighted by Gasteiger charge is 2.32. The number of amides is 2. The quantitative estimate of drug-likeness (QED) is 0.389. The van der Waals surface area contributed by atoms with Crippen molar-refractivity contribution in [3.8, 4) is 0 Å². The lowest BCUT2D eigenvalue weighted by Crippen LogP contribution is -2.28. The Morgan fingerprint density at radius 3 is 2.65 bits per heavy atom. The van der Waals surface area contributed by atoms with E-state index in [-0.39, 0.29) is 18.2 Å². The highest BCUT2D eigenvalue weighted by atomic mass is 79.9. The number of thioether (sulfide) groups is 1. The molecule has 1 aliphatic rings. The molecule has 1 fully saturated rings. The Bertz CT molecular complexity index is 1200. The van der Waals surface area contributed by atoms with E-state index in [9.17, 15) is 9.59 Å². The number of carbonyl (C=O) groups excluding carboxylic acids is 2. The second-order valence-electron chi connectivity index (χ2n) is 6.97. The van der Waals surface area contributed by atoms with Crippen LogP contribution >= 0.6 is 27.7 Å². The smallest absolute Gasteiger partial charge is 0.240 e. The summed E-state index contributed by atoms with van der Waals surface area (Å²) in [7, 11) is 0. The maximum absolute atomic E-state index is 12.3. The number of halogens is 1. The molecule has 3 aromatic rings. The first-order chi connectivity index (χ1) is 15.0. The summed E-state index contributed by atoms with van der Waals surface area (Å²) < 4.78 is 0.927. The van der Waals surface area contributed by atoms with Gasteiger partial charge in [-0.15, -0.1) is 5.10 Å². The largest absolute Gasteiger partial charge is 0.326 e. The van der Waals surface area contributed by atoms with Crippen LogP contribution in [0.4, 0.5) is 5.69 Å². The van der Waals surface area contributed by atoms with Gasteiger partial charge in [0.2, 0.25) is 11.8 Å². The molecule has 1 heterocycles. The normalized spacial score (nSPS) is 17.7. The van der Waals surface area contributed by atoms with Crippen molar-refractivity contribution in [3.05, 3.63) is 76.8 Å². The van der Waals surface area contributed by atoms with Gasteiger partial charge in [0.05, 0.1) is 5.71 Å². The van der Waals surface area contributed by atoms with Crippen molar-refractivity contribution in [1.29, 1.82) is 0 Å². The van der Waals surface area contributed by atoms with E-state index >= 15 is 0 Å². The first-order valence-electron chi connectivity index (χ1n) is 9.63. The molecule has 6 nitrogen and oxygen atoms in total. The van der Waals surface area contributed by atoms with Gasteiger partial charge in [-0.1, -0.05) is 70.2 Å². The molecule has 156 valence electrons. The molecule has 0 radical (unpaired) electrons. The van der Waals surface area contributed by atoms with E-state index in [0.29, 0.717) is 10.9 Å². The second kappa shape index (κ2) is 9.45. The number of fused-ring (bicyclic) bond motifs is 1. The fourth-order valence-electron chi connectivity index (χ4n) is 3.22. The van der Waals surface area contributed by atoms with Gasteiger partial charge in [-0.25, -0.2) is 0 Å². The van der Waals surface area contributed by atoms with Crippen LogP contribution in [0, 0.1) is 0 Å². The van der Waals surface area contributed by atoms with Crippen LogP contribution in [0.2, 0.25) is 0 Å². The van der Waals surface area contributed by atoms with Crippen molar-refractivity contribution >= 4 is 66.8 Å². The standard InChI is InChI=1S/C23H19BrN4O2S/c1-14(18-8-4-6-15-5-2-3-7-19(15)18)27-28-23-26-22(30)20(31-23)13-21(29)25-17-11-9-16(24)10-12-17/h2-12,20H,13H2,1H3,(H,25,29)(H,26,28,30)/b27-14-/t20-/m1/s1. The minimum atomic E-state index is -0.540. The third kappa shape index (κ3) is 5.21. The minimum absolute atomic E-state index is 0.0532. The van der Waals surface area contributed by atoms with Crippen LogP contribution in [0.25, 0.3) is 10.8 Å². The second-order valence-corrected chi connectivity index (χ2v) is 9.08. The van der Waals surface area contributed by atoms with Gasteiger partial charge in [-0.2, -0.15) is 5.10 Å². The molecular formula is C23H19BrN4O2S. The van der Waals surface area contributed by atoms with Crippen molar-refractivity contribution in [2.24, 2.45) is 10.2 Å². The molecule has 2 amide bonds. The Kier molecular flexibility index (Phi) is 6.48.